The third kappa shape index (κ3) is 3.98. The van der Waals surface area contributed by atoms with Crippen LogP contribution in [0.4, 0.5) is 35.9 Å². The number of nitro groups is 2. The number of alkyl halides is 3. The van der Waals surface area contributed by atoms with Crippen LogP contribution in [-0.2, 0) is 6.18 Å². The summed E-state index contributed by atoms with van der Waals surface area (Å²) in [4.78, 5) is 21.0. The number of anilines is 2. The zero-order valence-electron chi connectivity index (χ0n) is 13.7. The molecule has 0 saturated heterocycles. The number of nitrogens with zero attached hydrogens (tertiary/aromatic N) is 3. The Hall–Kier alpha value is -2.40. The van der Waals surface area contributed by atoms with Crippen LogP contribution in [0.1, 0.15) is 11.1 Å². The van der Waals surface area contributed by atoms with Crippen molar-refractivity contribution < 1.29 is 23.0 Å². The van der Waals surface area contributed by atoms with Crippen molar-refractivity contribution in [2.45, 2.75) is 13.1 Å². The van der Waals surface area contributed by atoms with E-state index in [0.29, 0.717) is 16.1 Å². The van der Waals surface area contributed by atoms with Crippen molar-refractivity contribution in [1.29, 1.82) is 0 Å². The van der Waals surface area contributed by atoms with Gasteiger partial charge in [0.2, 0.25) is 0 Å². The van der Waals surface area contributed by atoms with Gasteiger partial charge in [-0.2, -0.15) is 13.2 Å². The van der Waals surface area contributed by atoms with E-state index in [2.05, 4.69) is 15.9 Å². The first-order chi connectivity index (χ1) is 12.4. The monoisotopic (exact) mass is 467 g/mol. The first-order valence-electron chi connectivity index (χ1n) is 7.08. The Labute approximate surface area is 163 Å². The molecule has 2 rings (SSSR count). The zero-order valence-corrected chi connectivity index (χ0v) is 16.0. The molecule has 0 heterocycles. The van der Waals surface area contributed by atoms with Crippen LogP contribution < -0.4 is 4.90 Å². The van der Waals surface area contributed by atoms with Crippen LogP contribution in [0.2, 0.25) is 5.02 Å². The van der Waals surface area contributed by atoms with Gasteiger partial charge in [0.15, 0.2) is 0 Å². The molecule has 0 fully saturated rings. The second-order valence-electron chi connectivity index (χ2n) is 5.46. The van der Waals surface area contributed by atoms with E-state index in [4.69, 9.17) is 11.6 Å². The molecule has 0 bridgehead atoms. The first kappa shape index (κ1) is 20.9. The Bertz CT molecular complexity index is 953. The minimum Gasteiger partial charge on any atom is -0.336 e. The summed E-state index contributed by atoms with van der Waals surface area (Å²) in [7, 11) is 1.16. The van der Waals surface area contributed by atoms with E-state index < -0.39 is 38.6 Å². The number of hydrogen-bond acceptors (Lipinski definition) is 5. The number of nitro benzene ring substituents is 2. The fourth-order valence-corrected chi connectivity index (χ4v) is 3.49. The van der Waals surface area contributed by atoms with Gasteiger partial charge in [-0.25, -0.2) is 0 Å². The van der Waals surface area contributed by atoms with Gasteiger partial charge in [-0.1, -0.05) is 17.7 Å². The summed E-state index contributed by atoms with van der Waals surface area (Å²) in [6.07, 6.45) is -5.08. The van der Waals surface area contributed by atoms with Crippen molar-refractivity contribution in [2.24, 2.45) is 0 Å². The minimum absolute atomic E-state index is 0.0377. The maximum atomic E-state index is 13.6. The van der Waals surface area contributed by atoms with E-state index in [-0.39, 0.29) is 16.8 Å². The first-order valence-corrected chi connectivity index (χ1v) is 8.25. The Balaban J connectivity index is 2.92. The molecule has 0 unspecified atom stereocenters. The van der Waals surface area contributed by atoms with Crippen molar-refractivity contribution in [1.82, 2.24) is 0 Å². The summed E-state index contributed by atoms with van der Waals surface area (Å²) >= 11 is 9.31. The number of halogens is 5. The summed E-state index contributed by atoms with van der Waals surface area (Å²) in [6.45, 7) is 1.66. The fourth-order valence-electron chi connectivity index (χ4n) is 2.48. The predicted octanol–water partition coefficient (Wildman–Crippen LogP) is 6.01. The van der Waals surface area contributed by atoms with Gasteiger partial charge in [-0.3, -0.25) is 20.2 Å². The Morgan fingerprint density at radius 3 is 2.19 bits per heavy atom. The molecule has 0 atom stereocenters. The zero-order chi connectivity index (χ0) is 20.7. The smallest absolute Gasteiger partial charge is 0.336 e. The third-order valence-corrected chi connectivity index (χ3v) is 5.02. The average Bonchev–Trinajstić information content (AvgIpc) is 2.56. The van der Waals surface area contributed by atoms with Crippen molar-refractivity contribution in [2.75, 3.05) is 11.9 Å². The second-order valence-corrected chi connectivity index (χ2v) is 6.66. The molecule has 0 aliphatic rings. The molecule has 0 aromatic heterocycles. The highest BCUT2D eigenvalue weighted by molar-refractivity contribution is 9.10. The lowest BCUT2D eigenvalue weighted by molar-refractivity contribution is -0.394. The maximum Gasteiger partial charge on any atom is 0.418 e. The predicted molar refractivity (Wildman–Crippen MR) is 96.7 cm³/mol. The maximum absolute atomic E-state index is 13.6. The molecule has 0 radical (unpaired) electrons. The molecule has 0 N–H and O–H groups in total. The van der Waals surface area contributed by atoms with E-state index in [9.17, 15) is 33.4 Å². The van der Waals surface area contributed by atoms with Gasteiger partial charge in [-0.05, 0) is 34.5 Å². The van der Waals surface area contributed by atoms with Gasteiger partial charge >= 0.3 is 6.18 Å². The van der Waals surface area contributed by atoms with E-state index in [0.717, 1.165) is 11.9 Å². The van der Waals surface area contributed by atoms with E-state index in [1.165, 1.54) is 6.07 Å². The standard InChI is InChI=1S/C15H10BrClF3N3O4/c1-7-3-4-10(17)14(12(7)16)21(2)13-9(15(18,19)20)5-8(22(24)25)6-11(13)23(26)27/h3-6H,1-2H3. The highest BCUT2D eigenvalue weighted by Crippen LogP contribution is 2.48. The SMILES string of the molecule is Cc1ccc(Cl)c(N(C)c2c([N+](=O)[O-])cc([N+](=O)[O-])cc2C(F)(F)F)c1Br. The van der Waals surface area contributed by atoms with Crippen LogP contribution in [0.3, 0.4) is 0 Å². The molecule has 27 heavy (non-hydrogen) atoms. The fraction of sp³-hybridized carbons (Fsp3) is 0.200. The van der Waals surface area contributed by atoms with E-state index >= 15 is 0 Å². The molecule has 12 heteroatoms. The number of non-ortho nitro benzene ring substituents is 1. The highest BCUT2D eigenvalue weighted by Gasteiger charge is 2.41. The number of hydrogen-bond donors (Lipinski definition) is 0. The summed E-state index contributed by atoms with van der Waals surface area (Å²) in [5, 5.41) is 22.4. The van der Waals surface area contributed by atoms with Gasteiger partial charge in [0, 0.05) is 17.6 Å². The number of aryl methyl sites for hydroxylation is 1. The third-order valence-electron chi connectivity index (χ3n) is 3.72. The van der Waals surface area contributed by atoms with Crippen LogP contribution in [0.25, 0.3) is 0 Å². The lowest BCUT2D eigenvalue weighted by atomic mass is 10.1. The highest BCUT2D eigenvalue weighted by atomic mass is 79.9. The number of benzene rings is 2. The van der Waals surface area contributed by atoms with E-state index in [1.54, 1.807) is 13.0 Å². The molecule has 0 aliphatic heterocycles. The van der Waals surface area contributed by atoms with Gasteiger partial charge in [-0.15, -0.1) is 0 Å². The average molecular weight is 469 g/mol. The van der Waals surface area contributed by atoms with Crippen LogP contribution in [0.5, 0.6) is 0 Å². The summed E-state index contributed by atoms with van der Waals surface area (Å²) < 4.78 is 41.1. The van der Waals surface area contributed by atoms with Crippen molar-refractivity contribution in [3.05, 3.63) is 65.1 Å². The van der Waals surface area contributed by atoms with Gasteiger partial charge < -0.3 is 4.90 Å². The molecule has 144 valence electrons. The molecule has 2 aromatic rings. The van der Waals surface area contributed by atoms with Crippen LogP contribution in [0, 0.1) is 27.2 Å². The minimum atomic E-state index is -5.08. The normalized spacial score (nSPS) is 11.4. The van der Waals surface area contributed by atoms with Crippen molar-refractivity contribution >= 4 is 50.3 Å². The van der Waals surface area contributed by atoms with Crippen molar-refractivity contribution in [3.63, 3.8) is 0 Å². The summed E-state index contributed by atoms with van der Waals surface area (Å²) in [5.74, 6) is 0. The van der Waals surface area contributed by atoms with Crippen molar-refractivity contribution in [3.8, 4) is 0 Å². The molecule has 0 aliphatic carbocycles. The Morgan fingerprint density at radius 1 is 1.11 bits per heavy atom. The van der Waals surface area contributed by atoms with Crippen LogP contribution in [0.15, 0.2) is 28.7 Å². The molecule has 7 nitrogen and oxygen atoms in total. The molecule has 0 amide bonds. The lowest BCUT2D eigenvalue weighted by Gasteiger charge is -2.25. The molecule has 2 aromatic carbocycles. The number of rotatable bonds is 4. The van der Waals surface area contributed by atoms with Gasteiger partial charge in [0.1, 0.15) is 5.69 Å². The largest absolute Gasteiger partial charge is 0.418 e. The summed E-state index contributed by atoms with van der Waals surface area (Å²) in [6, 6.07) is 3.78. The molecular formula is C15H10BrClF3N3O4. The van der Waals surface area contributed by atoms with Crippen LogP contribution >= 0.6 is 27.5 Å². The molecule has 0 saturated carbocycles. The molecular weight excluding hydrogens is 459 g/mol. The Morgan fingerprint density at radius 2 is 1.70 bits per heavy atom. The van der Waals surface area contributed by atoms with E-state index in [1.807, 2.05) is 0 Å². The topological polar surface area (TPSA) is 89.5 Å². The summed E-state index contributed by atoms with van der Waals surface area (Å²) in [5.41, 5.74) is -3.80. The van der Waals surface area contributed by atoms with Crippen LogP contribution in [-0.4, -0.2) is 16.9 Å². The van der Waals surface area contributed by atoms with Gasteiger partial charge in [0.25, 0.3) is 11.4 Å². The second kappa shape index (κ2) is 7.31. The lowest BCUT2D eigenvalue weighted by Crippen LogP contribution is -2.19. The van der Waals surface area contributed by atoms with Gasteiger partial charge in [0.05, 0.1) is 32.2 Å². The quantitative estimate of drug-likeness (QED) is 0.405. The Kier molecular flexibility index (Phi) is 5.66. The molecule has 0 spiro atoms.